The Bertz CT molecular complexity index is 861. The topological polar surface area (TPSA) is 75.9 Å². The van der Waals surface area contributed by atoms with Crippen molar-refractivity contribution >= 4 is 11.9 Å². The van der Waals surface area contributed by atoms with Crippen molar-refractivity contribution < 1.29 is 4.79 Å². The zero-order valence-corrected chi connectivity index (χ0v) is 15.0. The average molecular weight is 350 g/mol. The second kappa shape index (κ2) is 8.35. The highest BCUT2D eigenvalue weighted by Gasteiger charge is 2.11. The van der Waals surface area contributed by atoms with E-state index >= 15 is 0 Å². The van der Waals surface area contributed by atoms with E-state index in [1.165, 1.54) is 5.56 Å². The zero-order chi connectivity index (χ0) is 18.4. The fraction of sp³-hybridized carbons (Fsp3) is 0.263. The Balaban J connectivity index is 1.66. The number of pyridine rings is 1. The minimum atomic E-state index is -0.213. The number of nitrogens with one attached hydrogen (secondary N) is 1. The van der Waals surface area contributed by atoms with Gasteiger partial charge in [0.2, 0.25) is 5.95 Å². The maximum absolute atomic E-state index is 12.4. The Kier molecular flexibility index (Phi) is 5.70. The predicted octanol–water partition coefficient (Wildman–Crippen LogP) is 2.48. The van der Waals surface area contributed by atoms with Crippen LogP contribution in [0.3, 0.4) is 0 Å². The second-order valence-electron chi connectivity index (χ2n) is 6.06. The summed E-state index contributed by atoms with van der Waals surface area (Å²) in [5.74, 6) is 0.0889. The van der Waals surface area contributed by atoms with Crippen LogP contribution >= 0.6 is 0 Å². The van der Waals surface area contributed by atoms with E-state index in [-0.39, 0.29) is 5.91 Å². The summed E-state index contributed by atoms with van der Waals surface area (Å²) < 4.78 is 1.55. The van der Waals surface area contributed by atoms with Gasteiger partial charge in [-0.05, 0) is 41.9 Å². The van der Waals surface area contributed by atoms with Crippen LogP contribution in [-0.4, -0.2) is 37.1 Å². The molecule has 3 aromatic rings. The van der Waals surface area contributed by atoms with E-state index in [2.05, 4.69) is 32.2 Å². The highest BCUT2D eigenvalue weighted by molar-refractivity contribution is 6.03. The molecule has 1 aromatic carbocycles. The van der Waals surface area contributed by atoms with Gasteiger partial charge in [-0.1, -0.05) is 19.1 Å². The van der Waals surface area contributed by atoms with Crippen molar-refractivity contribution in [3.05, 3.63) is 71.8 Å². The summed E-state index contributed by atoms with van der Waals surface area (Å²) >= 11 is 0. The fourth-order valence-corrected chi connectivity index (χ4v) is 2.67. The smallest absolute Gasteiger partial charge is 0.258 e. The number of hydrogen-bond donors (Lipinski definition) is 1. The SMILES string of the molecule is CCN(Cc1ccncc1)Cc1cccc(C(=O)Nc2ncn(C)n2)c1. The van der Waals surface area contributed by atoms with Gasteiger partial charge in [-0.2, -0.15) is 0 Å². The van der Waals surface area contributed by atoms with Gasteiger partial charge in [-0.15, -0.1) is 5.10 Å². The zero-order valence-electron chi connectivity index (χ0n) is 15.0. The Labute approximate surface area is 152 Å². The highest BCUT2D eigenvalue weighted by Crippen LogP contribution is 2.12. The van der Waals surface area contributed by atoms with E-state index in [0.29, 0.717) is 11.5 Å². The molecule has 7 nitrogen and oxygen atoms in total. The summed E-state index contributed by atoms with van der Waals surface area (Å²) in [6.45, 7) is 4.65. The van der Waals surface area contributed by atoms with Gasteiger partial charge >= 0.3 is 0 Å². The monoisotopic (exact) mass is 350 g/mol. The summed E-state index contributed by atoms with van der Waals surface area (Å²) in [5, 5.41) is 6.78. The van der Waals surface area contributed by atoms with Gasteiger partial charge in [0.25, 0.3) is 5.91 Å². The summed E-state index contributed by atoms with van der Waals surface area (Å²) in [5.41, 5.74) is 2.90. The molecule has 0 bridgehead atoms. The highest BCUT2D eigenvalue weighted by atomic mass is 16.1. The molecule has 0 saturated carbocycles. The normalized spacial score (nSPS) is 10.9. The van der Waals surface area contributed by atoms with Gasteiger partial charge in [0, 0.05) is 38.1 Å². The standard InChI is InChI=1S/C19H22N6O/c1-3-25(12-15-7-9-20-10-8-15)13-16-5-4-6-17(11-16)18(26)22-19-21-14-24(2)23-19/h4-11,14H,3,12-13H2,1-2H3,(H,22,23,26). The average Bonchev–Trinajstić information content (AvgIpc) is 3.07. The molecule has 0 aliphatic heterocycles. The molecule has 0 radical (unpaired) electrons. The Morgan fingerprint density at radius 3 is 2.62 bits per heavy atom. The van der Waals surface area contributed by atoms with Crippen molar-refractivity contribution in [3.63, 3.8) is 0 Å². The van der Waals surface area contributed by atoms with Crippen LogP contribution in [0.1, 0.15) is 28.4 Å². The number of amides is 1. The Hall–Kier alpha value is -3.06. The number of carbonyl (C=O) groups excluding carboxylic acids is 1. The number of anilines is 1. The third kappa shape index (κ3) is 4.73. The first-order valence-electron chi connectivity index (χ1n) is 8.51. The van der Waals surface area contributed by atoms with Crippen LogP contribution in [0, 0.1) is 0 Å². The minimum absolute atomic E-state index is 0.213. The van der Waals surface area contributed by atoms with E-state index in [0.717, 1.165) is 25.2 Å². The van der Waals surface area contributed by atoms with E-state index < -0.39 is 0 Å². The Morgan fingerprint density at radius 2 is 1.92 bits per heavy atom. The largest absolute Gasteiger partial charge is 0.295 e. The molecule has 1 amide bonds. The molecule has 2 heterocycles. The fourth-order valence-electron chi connectivity index (χ4n) is 2.67. The lowest BCUT2D eigenvalue weighted by atomic mass is 10.1. The summed E-state index contributed by atoms with van der Waals surface area (Å²) in [6.07, 6.45) is 5.16. The van der Waals surface area contributed by atoms with Gasteiger partial charge in [0.05, 0.1) is 0 Å². The molecule has 3 rings (SSSR count). The molecule has 0 saturated heterocycles. The predicted molar refractivity (Wildman–Crippen MR) is 99.4 cm³/mol. The van der Waals surface area contributed by atoms with Crippen molar-refractivity contribution in [2.75, 3.05) is 11.9 Å². The van der Waals surface area contributed by atoms with Gasteiger partial charge < -0.3 is 0 Å². The number of nitrogens with zero attached hydrogens (tertiary/aromatic N) is 5. The molecule has 2 aromatic heterocycles. The summed E-state index contributed by atoms with van der Waals surface area (Å²) in [4.78, 5) is 22.8. The molecule has 7 heteroatoms. The molecule has 0 aliphatic carbocycles. The summed E-state index contributed by atoms with van der Waals surface area (Å²) in [7, 11) is 1.76. The van der Waals surface area contributed by atoms with Gasteiger partial charge in [0.1, 0.15) is 6.33 Å². The van der Waals surface area contributed by atoms with Gasteiger partial charge in [-0.25, -0.2) is 4.98 Å². The third-order valence-corrected chi connectivity index (χ3v) is 4.02. The third-order valence-electron chi connectivity index (χ3n) is 4.02. The first kappa shape index (κ1) is 17.8. The van der Waals surface area contributed by atoms with Gasteiger partial charge in [-0.3, -0.25) is 24.7 Å². The van der Waals surface area contributed by atoms with Crippen molar-refractivity contribution in [2.24, 2.45) is 7.05 Å². The van der Waals surface area contributed by atoms with Crippen LogP contribution in [0.5, 0.6) is 0 Å². The molecule has 0 aliphatic rings. The van der Waals surface area contributed by atoms with E-state index in [1.54, 1.807) is 36.5 Å². The number of benzene rings is 1. The van der Waals surface area contributed by atoms with Gasteiger partial charge in [0.15, 0.2) is 0 Å². The quantitative estimate of drug-likeness (QED) is 0.708. The van der Waals surface area contributed by atoms with Crippen LogP contribution in [0.25, 0.3) is 0 Å². The molecule has 0 unspecified atom stereocenters. The van der Waals surface area contributed by atoms with Crippen LogP contribution in [0.4, 0.5) is 5.95 Å². The first-order chi connectivity index (χ1) is 12.6. The molecule has 1 N–H and O–H groups in total. The van der Waals surface area contributed by atoms with E-state index in [4.69, 9.17) is 0 Å². The lowest BCUT2D eigenvalue weighted by Gasteiger charge is -2.20. The molecule has 26 heavy (non-hydrogen) atoms. The van der Waals surface area contributed by atoms with Crippen LogP contribution in [0.2, 0.25) is 0 Å². The lowest BCUT2D eigenvalue weighted by molar-refractivity contribution is 0.102. The minimum Gasteiger partial charge on any atom is -0.295 e. The molecular formula is C19H22N6O. The number of aryl methyl sites for hydroxylation is 1. The maximum Gasteiger partial charge on any atom is 0.258 e. The van der Waals surface area contributed by atoms with Crippen molar-refractivity contribution in [2.45, 2.75) is 20.0 Å². The van der Waals surface area contributed by atoms with Crippen LogP contribution in [0.15, 0.2) is 55.1 Å². The molecule has 0 fully saturated rings. The Morgan fingerprint density at radius 1 is 1.15 bits per heavy atom. The lowest BCUT2D eigenvalue weighted by Crippen LogP contribution is -2.22. The van der Waals surface area contributed by atoms with Crippen molar-refractivity contribution in [1.82, 2.24) is 24.6 Å². The number of carbonyl (C=O) groups is 1. The van der Waals surface area contributed by atoms with Crippen molar-refractivity contribution in [3.8, 4) is 0 Å². The van der Waals surface area contributed by atoms with E-state index in [9.17, 15) is 4.79 Å². The van der Waals surface area contributed by atoms with E-state index in [1.807, 2.05) is 30.3 Å². The second-order valence-corrected chi connectivity index (χ2v) is 6.06. The number of aromatic nitrogens is 4. The molecule has 0 atom stereocenters. The molecular weight excluding hydrogens is 328 g/mol. The van der Waals surface area contributed by atoms with Crippen LogP contribution < -0.4 is 5.32 Å². The number of hydrogen-bond acceptors (Lipinski definition) is 5. The number of rotatable bonds is 7. The summed E-state index contributed by atoms with van der Waals surface area (Å²) in [6, 6.07) is 11.7. The first-order valence-corrected chi connectivity index (χ1v) is 8.51. The molecule has 0 spiro atoms. The maximum atomic E-state index is 12.4. The molecule has 134 valence electrons. The van der Waals surface area contributed by atoms with Crippen LogP contribution in [-0.2, 0) is 20.1 Å². The van der Waals surface area contributed by atoms with Crippen molar-refractivity contribution in [1.29, 1.82) is 0 Å².